The molecule has 0 saturated heterocycles. The summed E-state index contributed by atoms with van der Waals surface area (Å²) >= 11 is 0. The number of aromatic nitrogens is 8. The molecule has 16 bridgehead atoms. The molecule has 14 aromatic rings. The zero-order valence-electron chi connectivity index (χ0n) is 70.4. The van der Waals surface area contributed by atoms with Crippen molar-refractivity contribution in [2.24, 2.45) is 0 Å². The second-order valence-electron chi connectivity index (χ2n) is 32.4. The molecule has 121 heavy (non-hydrogen) atoms. The minimum absolute atomic E-state index is 0. The molecule has 0 amide bonds. The molecule has 0 atom stereocenters. The van der Waals surface area contributed by atoms with Crippen LogP contribution in [0.5, 0.6) is 0 Å². The van der Waals surface area contributed by atoms with Gasteiger partial charge in [0.25, 0.3) is 0 Å². The molecular formula is C108H96N8O3Zn2. The first kappa shape index (κ1) is 84.1. The Morgan fingerprint density at radius 3 is 0.512 bits per heavy atom. The monoisotopic (exact) mass is 1680 g/mol. The molecule has 590 valence electrons. The van der Waals surface area contributed by atoms with Crippen LogP contribution in [0.25, 0.3) is 182 Å². The van der Waals surface area contributed by atoms with Gasteiger partial charge >= 0.3 is 39.0 Å². The fraction of sp³-hybridized carbons (Fsp3) is 0.185. The van der Waals surface area contributed by atoms with Crippen LogP contribution in [0.2, 0.25) is 0 Å². The SMILES string of the molecule is CCCC(CCC)(CCC)c1ccc(-c2c3nc(c(-c4ccc(C)cc4)c4ccc([n-]4)c(-c4ccc(C)cc4)c4nc(c(-c5ccc(C)cc5)c5ccc2[n-]5)C=C4)C=C3)cc1.Cc1ccc(-c2c3nc(c(-c4ccc(C)cc4)c4ccc([n-]4)c(-c4ccc(C(CO)(CO)CO)cc4)c4nc(c(-c5ccc(C)cc5)c5ccc2[n-]5)C=C4)C=C3)cc1.[Zn+2].[Zn+2]. The molecule has 3 N–H and O–H groups in total. The van der Waals surface area contributed by atoms with E-state index < -0.39 is 25.2 Å². The number of rotatable bonds is 19. The van der Waals surface area contributed by atoms with Crippen LogP contribution in [0.3, 0.4) is 0 Å². The fourth-order valence-corrected chi connectivity index (χ4v) is 17.5. The topological polar surface area (TPSA) is 169 Å². The summed E-state index contributed by atoms with van der Waals surface area (Å²) in [5, 5.41) is 30.6. The molecule has 0 aliphatic carbocycles. The molecular weight excluding hydrogens is 1590 g/mol. The predicted molar refractivity (Wildman–Crippen MR) is 495 cm³/mol. The third-order valence-electron chi connectivity index (χ3n) is 23.9. The van der Waals surface area contributed by atoms with Crippen LogP contribution in [0, 0.1) is 41.5 Å². The second-order valence-corrected chi connectivity index (χ2v) is 32.4. The van der Waals surface area contributed by atoms with Crippen molar-refractivity contribution in [3.8, 4) is 89.0 Å². The molecule has 4 aliphatic heterocycles. The van der Waals surface area contributed by atoms with Crippen molar-refractivity contribution in [2.45, 2.75) is 112 Å². The first-order chi connectivity index (χ1) is 58.0. The van der Waals surface area contributed by atoms with Gasteiger partial charge in [0, 0.05) is 0 Å². The van der Waals surface area contributed by atoms with Gasteiger partial charge in [-0.2, -0.15) is 0 Å². The molecule has 6 aromatic heterocycles. The minimum Gasteiger partial charge on any atom is -0.657 e. The van der Waals surface area contributed by atoms with Crippen molar-refractivity contribution >= 4 is 92.7 Å². The maximum atomic E-state index is 10.2. The Kier molecular flexibility index (Phi) is 25.2. The smallest absolute Gasteiger partial charge is 0.657 e. The number of hydrogen-bond acceptors (Lipinski definition) is 7. The number of aliphatic hydroxyl groups is 3. The maximum absolute atomic E-state index is 10.2. The molecule has 0 saturated carbocycles. The summed E-state index contributed by atoms with van der Waals surface area (Å²) in [6.45, 7) is 18.4. The van der Waals surface area contributed by atoms with Crippen molar-refractivity contribution in [1.82, 2.24) is 39.9 Å². The largest absolute Gasteiger partial charge is 2.00 e. The summed E-state index contributed by atoms with van der Waals surface area (Å²) in [7, 11) is 0. The average molecular weight is 1680 g/mol. The quantitative estimate of drug-likeness (QED) is 0.0659. The summed E-state index contributed by atoms with van der Waals surface area (Å²) in [4.78, 5) is 43.3. The van der Waals surface area contributed by atoms with Crippen LogP contribution in [-0.2, 0) is 49.8 Å². The number of aliphatic hydroxyl groups excluding tert-OH is 3. The number of nitrogens with zero attached hydrogens (tertiary/aromatic N) is 8. The maximum Gasteiger partial charge on any atom is 2.00 e. The van der Waals surface area contributed by atoms with E-state index >= 15 is 0 Å². The Labute approximate surface area is 734 Å². The van der Waals surface area contributed by atoms with Gasteiger partial charge in [0.05, 0.1) is 70.8 Å². The Morgan fingerprint density at radius 1 is 0.215 bits per heavy atom. The Bertz CT molecular complexity index is 6550. The van der Waals surface area contributed by atoms with E-state index in [1.54, 1.807) is 0 Å². The molecule has 0 spiro atoms. The third-order valence-corrected chi connectivity index (χ3v) is 23.9. The minimum atomic E-state index is -1.18. The van der Waals surface area contributed by atoms with Crippen LogP contribution in [0.1, 0.15) is 149 Å². The third kappa shape index (κ3) is 16.8. The first-order valence-electron chi connectivity index (χ1n) is 41.6. The van der Waals surface area contributed by atoms with E-state index in [0.717, 1.165) is 190 Å². The zero-order valence-corrected chi connectivity index (χ0v) is 76.3. The summed E-state index contributed by atoms with van der Waals surface area (Å²) in [5.74, 6) is 0. The van der Waals surface area contributed by atoms with Crippen LogP contribution in [0.15, 0.2) is 243 Å². The molecule has 4 aliphatic rings. The molecule has 10 heterocycles. The summed E-state index contributed by atoms with van der Waals surface area (Å²) in [6, 6.07) is 85.3. The van der Waals surface area contributed by atoms with Gasteiger partial charge in [0.1, 0.15) is 0 Å². The van der Waals surface area contributed by atoms with Crippen molar-refractivity contribution < 1.29 is 54.3 Å². The molecule has 13 heteroatoms. The van der Waals surface area contributed by atoms with Crippen LogP contribution < -0.4 is 19.9 Å². The van der Waals surface area contributed by atoms with E-state index in [1.807, 2.05) is 48.6 Å². The van der Waals surface area contributed by atoms with Crippen LogP contribution >= 0.6 is 0 Å². The molecule has 8 aromatic carbocycles. The number of hydrogen-bond donors (Lipinski definition) is 3. The van der Waals surface area contributed by atoms with E-state index in [1.165, 1.54) is 66.3 Å². The van der Waals surface area contributed by atoms with Crippen LogP contribution in [-0.4, -0.2) is 55.1 Å². The molecule has 0 radical (unpaired) electrons. The second kappa shape index (κ2) is 36.2. The van der Waals surface area contributed by atoms with E-state index in [-0.39, 0.29) is 44.4 Å². The molecule has 11 nitrogen and oxygen atoms in total. The van der Waals surface area contributed by atoms with Crippen molar-refractivity contribution in [2.75, 3.05) is 19.8 Å². The number of aryl methyl sites for hydroxylation is 6. The van der Waals surface area contributed by atoms with Gasteiger partial charge in [0.2, 0.25) is 0 Å². The summed E-state index contributed by atoms with van der Waals surface area (Å²) in [6.07, 6.45) is 23.9. The first-order valence-corrected chi connectivity index (χ1v) is 41.6. The van der Waals surface area contributed by atoms with Gasteiger partial charge in [-0.1, -0.05) is 316 Å². The fourth-order valence-electron chi connectivity index (χ4n) is 17.5. The van der Waals surface area contributed by atoms with E-state index in [4.69, 9.17) is 39.9 Å². The van der Waals surface area contributed by atoms with Crippen molar-refractivity contribution in [3.63, 3.8) is 0 Å². The summed E-state index contributed by atoms with van der Waals surface area (Å²) < 4.78 is 0. The van der Waals surface area contributed by atoms with Gasteiger partial charge in [-0.3, -0.25) is 0 Å². The Balaban J connectivity index is 0.000000185. The number of fused-ring (bicyclic) bond motifs is 16. The molecule has 18 rings (SSSR count). The van der Waals surface area contributed by atoms with Gasteiger partial charge in [0.15, 0.2) is 0 Å². The van der Waals surface area contributed by atoms with E-state index in [0.29, 0.717) is 5.56 Å². The normalized spacial score (nSPS) is 12.2. The molecule has 0 fully saturated rings. The molecule has 0 unspecified atom stereocenters. The Hall–Kier alpha value is -11.9. The average Bonchev–Trinajstić information content (AvgIpc) is 1.62. The van der Waals surface area contributed by atoms with E-state index in [9.17, 15) is 15.3 Å². The van der Waals surface area contributed by atoms with Gasteiger partial charge in [-0.25, -0.2) is 19.9 Å². The Morgan fingerprint density at radius 2 is 0.364 bits per heavy atom. The van der Waals surface area contributed by atoms with Crippen molar-refractivity contribution in [3.05, 3.63) is 333 Å². The van der Waals surface area contributed by atoms with E-state index in [2.05, 4.69) is 305 Å². The predicted octanol–water partition coefficient (Wildman–Crippen LogP) is 24.9. The van der Waals surface area contributed by atoms with Gasteiger partial charge in [-0.15, -0.1) is 44.1 Å². The number of benzene rings is 8. The van der Waals surface area contributed by atoms with Gasteiger partial charge in [-0.05, 0) is 215 Å². The van der Waals surface area contributed by atoms with Gasteiger partial charge < -0.3 is 35.3 Å². The van der Waals surface area contributed by atoms with Crippen molar-refractivity contribution in [1.29, 1.82) is 0 Å². The van der Waals surface area contributed by atoms with Crippen LogP contribution in [0.4, 0.5) is 0 Å². The zero-order chi connectivity index (χ0) is 82.1. The standard InChI is InChI=1S/C57H54N4.C51H42N4O3.2Zn/c1-7-34-57(35-8-2,36-9-3)44-24-22-43(23-25-44)56-51-32-30-49(60-51)54(41-18-12-38(5)13-19-41)47-28-26-45(58-47)53(40-16-10-37(4)11-17-40)46-27-29-48(59-46)55(50-31-33-52(56)61-50)42-20-14-39(6)15-21-42;1-31-4-10-34(11-5-31)47-39-20-22-41(52-39)48(35-12-6-32(2)7-13-35)43-24-26-45(54-43)50(37-16-18-38(19-17-37)51(28-56,29-57)30-58)46-27-25-44(55-46)49(42-23-21-40(47)53-42)36-14-8-33(3)9-15-36;;/h10-33H,7-9,34-36H2,1-6H3;4-27,56-58H,28-30H2,1-3H3;;/q2*-2;2*+2. The summed E-state index contributed by atoms with van der Waals surface area (Å²) in [5.41, 5.74) is 37.1.